The topological polar surface area (TPSA) is 67.2 Å². The number of carbonyl (C=O) groups is 1. The predicted octanol–water partition coefficient (Wildman–Crippen LogP) is 4.40. The van der Waals surface area contributed by atoms with E-state index in [1.54, 1.807) is 24.7 Å². The van der Waals surface area contributed by atoms with Gasteiger partial charge < -0.3 is 9.80 Å². The number of benzene rings is 1. The molecule has 7 nitrogen and oxygen atoms in total. The Bertz CT molecular complexity index is 1310. The van der Waals surface area contributed by atoms with Crippen molar-refractivity contribution < 1.29 is 4.79 Å². The van der Waals surface area contributed by atoms with E-state index >= 15 is 0 Å². The number of rotatable bonds is 6. The number of hydrogen-bond acceptors (Lipinski definition) is 5. The number of anilines is 1. The molecule has 1 fully saturated rings. The lowest BCUT2D eigenvalue weighted by molar-refractivity contribution is -0.126. The van der Waals surface area contributed by atoms with Crippen molar-refractivity contribution in [1.29, 1.82) is 0 Å². The quantitative estimate of drug-likeness (QED) is 0.379. The van der Waals surface area contributed by atoms with E-state index in [1.807, 2.05) is 64.3 Å². The lowest BCUT2D eigenvalue weighted by Crippen LogP contribution is -2.48. The third-order valence-electron chi connectivity index (χ3n) is 5.95. The predicted molar refractivity (Wildman–Crippen MR) is 138 cm³/mol. The van der Waals surface area contributed by atoms with Crippen LogP contribution in [0.4, 0.5) is 5.82 Å². The SMILES string of the molecule is O=C(/C=C/c1cn(Cc2ccccc2)nc1-c1cccnc1)N1CCN(c2ncccc2Cl)CC1. The van der Waals surface area contributed by atoms with Crippen molar-refractivity contribution in [2.24, 2.45) is 0 Å². The van der Waals surface area contributed by atoms with E-state index in [4.69, 9.17) is 16.7 Å². The van der Waals surface area contributed by atoms with E-state index < -0.39 is 0 Å². The van der Waals surface area contributed by atoms with Gasteiger partial charge in [-0.05, 0) is 35.9 Å². The fourth-order valence-corrected chi connectivity index (χ4v) is 4.39. The molecule has 1 amide bonds. The zero-order chi connectivity index (χ0) is 24.0. The molecule has 1 saturated heterocycles. The molecule has 0 spiro atoms. The number of halogens is 1. The molecule has 0 aliphatic carbocycles. The first-order chi connectivity index (χ1) is 17.2. The number of aromatic nitrogens is 4. The molecule has 1 aromatic carbocycles. The Kier molecular flexibility index (Phi) is 6.86. The Hall–Kier alpha value is -3.97. The van der Waals surface area contributed by atoms with Crippen LogP contribution in [0.15, 0.2) is 85.5 Å². The van der Waals surface area contributed by atoms with Gasteiger partial charge in [-0.2, -0.15) is 5.10 Å². The fourth-order valence-electron chi connectivity index (χ4n) is 4.15. The van der Waals surface area contributed by atoms with Crippen LogP contribution in [0.1, 0.15) is 11.1 Å². The maximum absolute atomic E-state index is 13.0. The van der Waals surface area contributed by atoms with Gasteiger partial charge in [0.05, 0.1) is 11.6 Å². The number of nitrogens with zero attached hydrogens (tertiary/aromatic N) is 6. The van der Waals surface area contributed by atoms with Crippen LogP contribution in [0.2, 0.25) is 5.02 Å². The highest BCUT2D eigenvalue weighted by Gasteiger charge is 2.22. The van der Waals surface area contributed by atoms with Crippen LogP contribution in [0.3, 0.4) is 0 Å². The number of hydrogen-bond donors (Lipinski definition) is 0. The van der Waals surface area contributed by atoms with Crippen LogP contribution < -0.4 is 4.90 Å². The molecule has 8 heteroatoms. The highest BCUT2D eigenvalue weighted by molar-refractivity contribution is 6.32. The molecular weight excluding hydrogens is 460 g/mol. The minimum atomic E-state index is -0.0234. The highest BCUT2D eigenvalue weighted by Crippen LogP contribution is 2.25. The molecule has 1 aliphatic heterocycles. The summed E-state index contributed by atoms with van der Waals surface area (Å²) in [6.07, 6.45) is 10.7. The standard InChI is InChI=1S/C27H25ClN6O/c28-24-9-5-13-30-27(24)33-16-14-32(15-17-33)25(35)11-10-23-20-34(19-21-6-2-1-3-7-21)31-26(23)22-8-4-12-29-18-22/h1-13,18,20H,14-17,19H2/b11-10+. The summed E-state index contributed by atoms with van der Waals surface area (Å²) in [5, 5.41) is 5.42. The van der Waals surface area contributed by atoms with Gasteiger partial charge in [-0.1, -0.05) is 41.9 Å². The van der Waals surface area contributed by atoms with Crippen molar-refractivity contribution in [1.82, 2.24) is 24.6 Å². The van der Waals surface area contributed by atoms with E-state index in [0.717, 1.165) is 28.2 Å². The summed E-state index contributed by atoms with van der Waals surface area (Å²) in [4.78, 5) is 25.5. The molecule has 4 heterocycles. The fraction of sp³-hybridized carbons (Fsp3) is 0.185. The Morgan fingerprint density at radius 2 is 1.77 bits per heavy atom. The molecule has 0 saturated carbocycles. The number of amides is 1. The summed E-state index contributed by atoms with van der Waals surface area (Å²) >= 11 is 6.28. The molecule has 5 rings (SSSR count). The largest absolute Gasteiger partial charge is 0.352 e. The van der Waals surface area contributed by atoms with E-state index in [-0.39, 0.29) is 5.91 Å². The Balaban J connectivity index is 1.30. The van der Waals surface area contributed by atoms with Gasteiger partial charge in [0.2, 0.25) is 5.91 Å². The van der Waals surface area contributed by atoms with Crippen molar-refractivity contribution in [2.75, 3.05) is 31.1 Å². The molecule has 0 unspecified atom stereocenters. The molecule has 0 N–H and O–H groups in total. The van der Waals surface area contributed by atoms with Crippen LogP contribution in [-0.2, 0) is 11.3 Å². The van der Waals surface area contributed by atoms with Gasteiger partial charge in [0, 0.05) is 68.2 Å². The summed E-state index contributed by atoms with van der Waals surface area (Å²) in [6, 6.07) is 17.7. The minimum absolute atomic E-state index is 0.0234. The van der Waals surface area contributed by atoms with E-state index in [9.17, 15) is 4.79 Å². The minimum Gasteiger partial charge on any atom is -0.352 e. The van der Waals surface area contributed by atoms with Gasteiger partial charge in [0.15, 0.2) is 0 Å². The maximum Gasteiger partial charge on any atom is 0.246 e. The van der Waals surface area contributed by atoms with Gasteiger partial charge in [-0.15, -0.1) is 0 Å². The van der Waals surface area contributed by atoms with Crippen LogP contribution in [0.25, 0.3) is 17.3 Å². The van der Waals surface area contributed by atoms with Crippen LogP contribution in [0, 0.1) is 0 Å². The second kappa shape index (κ2) is 10.5. The van der Waals surface area contributed by atoms with E-state index in [1.165, 1.54) is 0 Å². The lowest BCUT2D eigenvalue weighted by atomic mass is 10.1. The van der Waals surface area contributed by atoms with Crippen molar-refractivity contribution in [2.45, 2.75) is 6.54 Å². The first-order valence-corrected chi connectivity index (χ1v) is 11.9. The zero-order valence-corrected chi connectivity index (χ0v) is 19.9. The van der Waals surface area contributed by atoms with Crippen LogP contribution in [-0.4, -0.2) is 56.7 Å². The normalized spacial score (nSPS) is 14.0. The summed E-state index contributed by atoms with van der Waals surface area (Å²) in [5.41, 5.74) is 3.74. The second-order valence-electron chi connectivity index (χ2n) is 8.31. The van der Waals surface area contributed by atoms with Gasteiger partial charge in [-0.3, -0.25) is 14.5 Å². The average molecular weight is 485 g/mol. The Morgan fingerprint density at radius 3 is 2.51 bits per heavy atom. The van der Waals surface area contributed by atoms with Gasteiger partial charge in [-0.25, -0.2) is 4.98 Å². The first kappa shape index (κ1) is 22.8. The first-order valence-electron chi connectivity index (χ1n) is 11.5. The smallest absolute Gasteiger partial charge is 0.246 e. The zero-order valence-electron chi connectivity index (χ0n) is 19.2. The molecule has 4 aromatic rings. The van der Waals surface area contributed by atoms with Crippen molar-refractivity contribution >= 4 is 29.4 Å². The van der Waals surface area contributed by atoms with Crippen LogP contribution >= 0.6 is 11.6 Å². The van der Waals surface area contributed by atoms with Crippen LogP contribution in [0.5, 0.6) is 0 Å². The molecular formula is C27H25ClN6O. The molecule has 1 aliphatic rings. The number of piperazine rings is 1. The monoisotopic (exact) mass is 484 g/mol. The van der Waals surface area contributed by atoms with Gasteiger partial charge in [0.25, 0.3) is 0 Å². The van der Waals surface area contributed by atoms with Crippen molar-refractivity contribution in [3.8, 4) is 11.3 Å². The molecule has 35 heavy (non-hydrogen) atoms. The van der Waals surface area contributed by atoms with Crippen molar-refractivity contribution in [3.63, 3.8) is 0 Å². The number of pyridine rings is 2. The molecule has 0 bridgehead atoms. The molecule has 0 atom stereocenters. The Labute approximate surface area is 209 Å². The van der Waals surface area contributed by atoms with Gasteiger partial charge in [0.1, 0.15) is 11.5 Å². The molecule has 176 valence electrons. The van der Waals surface area contributed by atoms with E-state index in [0.29, 0.717) is 37.7 Å². The third kappa shape index (κ3) is 5.41. The Morgan fingerprint density at radius 1 is 0.971 bits per heavy atom. The summed E-state index contributed by atoms with van der Waals surface area (Å²) in [7, 11) is 0. The van der Waals surface area contributed by atoms with Gasteiger partial charge >= 0.3 is 0 Å². The summed E-state index contributed by atoms with van der Waals surface area (Å²) in [5.74, 6) is 0.744. The molecule has 0 radical (unpaired) electrons. The highest BCUT2D eigenvalue weighted by atomic mass is 35.5. The third-order valence-corrected chi connectivity index (χ3v) is 6.24. The summed E-state index contributed by atoms with van der Waals surface area (Å²) < 4.78 is 1.90. The lowest BCUT2D eigenvalue weighted by Gasteiger charge is -2.35. The second-order valence-corrected chi connectivity index (χ2v) is 8.72. The number of carbonyl (C=O) groups excluding carboxylic acids is 1. The van der Waals surface area contributed by atoms with E-state index in [2.05, 4.69) is 27.0 Å². The summed E-state index contributed by atoms with van der Waals surface area (Å²) in [6.45, 7) is 3.24. The average Bonchev–Trinajstić information content (AvgIpc) is 3.31. The molecule has 3 aromatic heterocycles. The van der Waals surface area contributed by atoms with Crippen molar-refractivity contribution in [3.05, 3.63) is 102 Å². The maximum atomic E-state index is 13.0.